The van der Waals surface area contributed by atoms with Gasteiger partial charge in [-0.05, 0) is 50.5 Å². The Hall–Kier alpha value is -2.69. The molecule has 1 aromatic carbocycles. The molecule has 0 atom stereocenters. The summed E-state index contributed by atoms with van der Waals surface area (Å²) in [5.74, 6) is -0.185. The van der Waals surface area contributed by atoms with Crippen molar-refractivity contribution in [2.45, 2.75) is 26.7 Å². The van der Waals surface area contributed by atoms with Crippen LogP contribution in [0.4, 0.5) is 5.69 Å². The number of aromatic nitrogens is 1. The highest BCUT2D eigenvalue weighted by Crippen LogP contribution is 2.19. The molecule has 1 saturated heterocycles. The Kier molecular flexibility index (Phi) is 5.12. The molecule has 0 N–H and O–H groups in total. The molecular formula is C20H23N3O2. The maximum atomic E-state index is 12.9. The lowest BCUT2D eigenvalue weighted by atomic mass is 10.1. The average Bonchev–Trinajstić information content (AvgIpc) is 3.16. The van der Waals surface area contributed by atoms with E-state index < -0.39 is 0 Å². The molecular weight excluding hydrogens is 314 g/mol. The number of nitrogens with zero attached hydrogens (tertiary/aromatic N) is 3. The number of carbonyl (C=O) groups is 2. The van der Waals surface area contributed by atoms with Crippen LogP contribution in [-0.2, 0) is 0 Å². The number of hydrogen-bond acceptors (Lipinski definition) is 3. The number of aryl methyl sites for hydroxylation is 1. The van der Waals surface area contributed by atoms with E-state index >= 15 is 0 Å². The van der Waals surface area contributed by atoms with Gasteiger partial charge in [-0.3, -0.25) is 14.6 Å². The maximum Gasteiger partial charge on any atom is 0.259 e. The zero-order valence-corrected chi connectivity index (χ0v) is 14.7. The SMILES string of the molecule is CCN(C(=O)c1cncc(C(=O)N2CCCC2)c1)c1cccc(C)c1. The van der Waals surface area contributed by atoms with E-state index in [4.69, 9.17) is 0 Å². The molecule has 5 heteroatoms. The molecule has 1 aliphatic rings. The van der Waals surface area contributed by atoms with Gasteiger partial charge in [-0.15, -0.1) is 0 Å². The Balaban J connectivity index is 1.86. The number of hydrogen-bond donors (Lipinski definition) is 0. The lowest BCUT2D eigenvalue weighted by molar-refractivity contribution is 0.0792. The fourth-order valence-corrected chi connectivity index (χ4v) is 3.17. The van der Waals surface area contributed by atoms with Crippen molar-refractivity contribution < 1.29 is 9.59 Å². The predicted octanol–water partition coefficient (Wildman–Crippen LogP) is 3.29. The van der Waals surface area contributed by atoms with Crippen LogP contribution in [0.3, 0.4) is 0 Å². The smallest absolute Gasteiger partial charge is 0.259 e. The first-order valence-electron chi connectivity index (χ1n) is 8.73. The van der Waals surface area contributed by atoms with Gasteiger partial charge in [-0.2, -0.15) is 0 Å². The van der Waals surface area contributed by atoms with Gasteiger partial charge in [0.15, 0.2) is 0 Å². The van der Waals surface area contributed by atoms with Crippen molar-refractivity contribution in [1.82, 2.24) is 9.88 Å². The lowest BCUT2D eigenvalue weighted by Gasteiger charge is -2.22. The fraction of sp³-hybridized carbons (Fsp3) is 0.350. The topological polar surface area (TPSA) is 53.5 Å². The molecule has 0 saturated carbocycles. The van der Waals surface area contributed by atoms with Gasteiger partial charge in [0.1, 0.15) is 0 Å². The molecule has 5 nitrogen and oxygen atoms in total. The Bertz CT molecular complexity index is 782. The molecule has 3 rings (SSSR count). The van der Waals surface area contributed by atoms with E-state index in [9.17, 15) is 9.59 Å². The van der Waals surface area contributed by atoms with E-state index in [-0.39, 0.29) is 11.8 Å². The first kappa shape index (κ1) is 17.1. The minimum Gasteiger partial charge on any atom is -0.339 e. The van der Waals surface area contributed by atoms with Crippen LogP contribution in [-0.4, -0.2) is 41.3 Å². The van der Waals surface area contributed by atoms with Gasteiger partial charge in [0.25, 0.3) is 11.8 Å². The van der Waals surface area contributed by atoms with E-state index in [1.807, 2.05) is 43.0 Å². The van der Waals surface area contributed by atoms with Crippen LogP contribution >= 0.6 is 0 Å². The second kappa shape index (κ2) is 7.47. The van der Waals surface area contributed by atoms with E-state index in [2.05, 4.69) is 4.98 Å². The van der Waals surface area contributed by atoms with Crippen molar-refractivity contribution in [2.75, 3.05) is 24.5 Å². The average molecular weight is 337 g/mol. The van der Waals surface area contributed by atoms with Crippen LogP contribution in [0, 0.1) is 6.92 Å². The summed E-state index contributed by atoms with van der Waals surface area (Å²) in [4.78, 5) is 33.1. The molecule has 0 spiro atoms. The fourth-order valence-electron chi connectivity index (χ4n) is 3.17. The quantitative estimate of drug-likeness (QED) is 0.860. The Morgan fingerprint density at radius 2 is 1.84 bits per heavy atom. The first-order chi connectivity index (χ1) is 12.1. The van der Waals surface area contributed by atoms with E-state index in [0.717, 1.165) is 37.2 Å². The minimum absolute atomic E-state index is 0.0433. The number of amides is 2. The van der Waals surface area contributed by atoms with E-state index in [1.165, 1.54) is 6.20 Å². The summed E-state index contributed by atoms with van der Waals surface area (Å²) in [5.41, 5.74) is 2.87. The van der Waals surface area contributed by atoms with Gasteiger partial charge in [0.2, 0.25) is 0 Å². The summed E-state index contributed by atoms with van der Waals surface area (Å²) in [6, 6.07) is 9.49. The molecule has 0 radical (unpaired) electrons. The number of carbonyl (C=O) groups excluding carboxylic acids is 2. The van der Waals surface area contributed by atoms with Crippen molar-refractivity contribution in [3.63, 3.8) is 0 Å². The summed E-state index contributed by atoms with van der Waals surface area (Å²) in [6.45, 7) is 6.04. The van der Waals surface area contributed by atoms with Crippen LogP contribution in [0.1, 0.15) is 46.0 Å². The van der Waals surface area contributed by atoms with E-state index in [0.29, 0.717) is 17.7 Å². The second-order valence-electron chi connectivity index (χ2n) is 6.35. The third kappa shape index (κ3) is 3.71. The summed E-state index contributed by atoms with van der Waals surface area (Å²) >= 11 is 0. The molecule has 2 aromatic rings. The van der Waals surface area contributed by atoms with Gasteiger partial charge in [-0.25, -0.2) is 0 Å². The van der Waals surface area contributed by atoms with Crippen LogP contribution in [0.25, 0.3) is 0 Å². The van der Waals surface area contributed by atoms with Crippen LogP contribution in [0.2, 0.25) is 0 Å². The van der Waals surface area contributed by atoms with Crippen LogP contribution < -0.4 is 4.90 Å². The number of likely N-dealkylation sites (tertiary alicyclic amines) is 1. The predicted molar refractivity (Wildman–Crippen MR) is 97.9 cm³/mol. The van der Waals surface area contributed by atoms with Crippen molar-refractivity contribution in [1.29, 1.82) is 0 Å². The molecule has 2 amide bonds. The maximum absolute atomic E-state index is 12.9. The molecule has 130 valence electrons. The lowest BCUT2D eigenvalue weighted by Crippen LogP contribution is -2.31. The molecule has 1 aliphatic heterocycles. The molecule has 1 aromatic heterocycles. The third-order valence-corrected chi connectivity index (χ3v) is 4.50. The summed E-state index contributed by atoms with van der Waals surface area (Å²) in [6.07, 6.45) is 5.14. The van der Waals surface area contributed by atoms with Gasteiger partial charge < -0.3 is 9.80 Å². The Morgan fingerprint density at radius 3 is 2.52 bits per heavy atom. The monoisotopic (exact) mass is 337 g/mol. The molecule has 0 aliphatic carbocycles. The summed E-state index contributed by atoms with van der Waals surface area (Å²) in [5, 5.41) is 0. The second-order valence-corrected chi connectivity index (χ2v) is 6.35. The van der Waals surface area contributed by atoms with Gasteiger partial charge in [-0.1, -0.05) is 12.1 Å². The highest BCUT2D eigenvalue weighted by atomic mass is 16.2. The minimum atomic E-state index is -0.142. The van der Waals surface area contributed by atoms with Crippen molar-refractivity contribution in [3.05, 3.63) is 59.4 Å². The normalized spacial score (nSPS) is 13.8. The number of anilines is 1. The third-order valence-electron chi connectivity index (χ3n) is 4.50. The highest BCUT2D eigenvalue weighted by molar-refractivity contribution is 6.07. The number of rotatable bonds is 4. The van der Waals surface area contributed by atoms with E-state index in [1.54, 1.807) is 17.2 Å². The zero-order chi connectivity index (χ0) is 17.8. The van der Waals surface area contributed by atoms with Crippen molar-refractivity contribution >= 4 is 17.5 Å². The molecule has 2 heterocycles. The molecule has 0 bridgehead atoms. The van der Waals surface area contributed by atoms with Crippen molar-refractivity contribution in [3.8, 4) is 0 Å². The largest absolute Gasteiger partial charge is 0.339 e. The number of benzene rings is 1. The van der Waals surface area contributed by atoms with Gasteiger partial charge in [0.05, 0.1) is 11.1 Å². The van der Waals surface area contributed by atoms with Crippen molar-refractivity contribution in [2.24, 2.45) is 0 Å². The molecule has 1 fully saturated rings. The highest BCUT2D eigenvalue weighted by Gasteiger charge is 2.22. The summed E-state index contributed by atoms with van der Waals surface area (Å²) in [7, 11) is 0. The molecule has 25 heavy (non-hydrogen) atoms. The molecule has 0 unspecified atom stereocenters. The van der Waals surface area contributed by atoms with Crippen LogP contribution in [0.15, 0.2) is 42.7 Å². The Morgan fingerprint density at radius 1 is 1.12 bits per heavy atom. The summed E-state index contributed by atoms with van der Waals surface area (Å²) < 4.78 is 0. The van der Waals surface area contributed by atoms with Gasteiger partial charge >= 0.3 is 0 Å². The first-order valence-corrected chi connectivity index (χ1v) is 8.73. The number of pyridine rings is 1. The Labute approximate surface area is 148 Å². The standard InChI is InChI=1S/C20H23N3O2/c1-3-23(18-8-6-7-15(2)11-18)20(25)17-12-16(13-21-14-17)19(24)22-9-4-5-10-22/h6-8,11-14H,3-5,9-10H2,1-2H3. The van der Waals surface area contributed by atoms with Crippen LogP contribution in [0.5, 0.6) is 0 Å². The zero-order valence-electron chi connectivity index (χ0n) is 14.7. The van der Waals surface area contributed by atoms with Gasteiger partial charge in [0, 0.05) is 37.7 Å².